The van der Waals surface area contributed by atoms with Gasteiger partial charge in [-0.2, -0.15) is 13.9 Å². The topological polar surface area (TPSA) is 109 Å². The Morgan fingerprint density at radius 3 is 2.69 bits per heavy atom. The van der Waals surface area contributed by atoms with Gasteiger partial charge in [0.1, 0.15) is 0 Å². The van der Waals surface area contributed by atoms with E-state index in [4.69, 9.17) is 4.74 Å². The van der Waals surface area contributed by atoms with Crippen molar-refractivity contribution in [3.05, 3.63) is 46.1 Å². The highest BCUT2D eigenvalue weighted by Crippen LogP contribution is 2.36. The lowest BCUT2D eigenvalue weighted by molar-refractivity contribution is -0.385. The molecule has 11 heteroatoms. The van der Waals surface area contributed by atoms with Gasteiger partial charge in [0.15, 0.2) is 17.3 Å². The van der Waals surface area contributed by atoms with Gasteiger partial charge >= 0.3 is 6.61 Å². The molecular formula is C15H14F2N4O5. The first kappa shape index (κ1) is 18.8. The van der Waals surface area contributed by atoms with Crippen LogP contribution in [-0.4, -0.2) is 34.3 Å². The van der Waals surface area contributed by atoms with Gasteiger partial charge < -0.3 is 14.8 Å². The number of nitrogens with one attached hydrogen (secondary N) is 1. The first-order valence-corrected chi connectivity index (χ1v) is 7.10. The van der Waals surface area contributed by atoms with E-state index in [2.05, 4.69) is 15.2 Å². The van der Waals surface area contributed by atoms with E-state index in [9.17, 15) is 23.7 Å². The Kier molecular flexibility index (Phi) is 5.83. The number of anilines is 1. The van der Waals surface area contributed by atoms with Gasteiger partial charge in [0.2, 0.25) is 5.91 Å². The number of methoxy groups -OCH3 is 1. The minimum Gasteiger partial charge on any atom is -0.493 e. The first-order valence-electron chi connectivity index (χ1n) is 7.10. The Morgan fingerprint density at radius 2 is 2.15 bits per heavy atom. The summed E-state index contributed by atoms with van der Waals surface area (Å²) in [4.78, 5) is 22.3. The molecule has 0 aliphatic heterocycles. The molecule has 9 nitrogen and oxygen atoms in total. The minimum absolute atomic E-state index is 0.0235. The Hall–Kier alpha value is -3.50. The first-order chi connectivity index (χ1) is 12.3. The molecule has 138 valence electrons. The molecule has 0 unspecified atom stereocenters. The number of amides is 1. The zero-order chi connectivity index (χ0) is 19.3. The van der Waals surface area contributed by atoms with Crippen LogP contribution in [0.4, 0.5) is 20.3 Å². The van der Waals surface area contributed by atoms with Crippen LogP contribution in [0.15, 0.2) is 30.5 Å². The molecule has 0 saturated carbocycles. The van der Waals surface area contributed by atoms with Crippen LogP contribution in [0.5, 0.6) is 11.5 Å². The Morgan fingerprint density at radius 1 is 1.42 bits per heavy atom. The van der Waals surface area contributed by atoms with E-state index >= 15 is 0 Å². The summed E-state index contributed by atoms with van der Waals surface area (Å²) >= 11 is 0. The standard InChI is InChI=1S/C15H14F2N4O5/c1-20-6-5-13(19-20)18-14(22)4-3-9-7-11(25-2)12(26-15(16)17)8-10(9)21(23)24/h3-8,15H,1-2H3,(H,18,19,22). The molecule has 0 spiro atoms. The monoisotopic (exact) mass is 368 g/mol. The summed E-state index contributed by atoms with van der Waals surface area (Å²) in [6.07, 6.45) is 3.83. The zero-order valence-corrected chi connectivity index (χ0v) is 13.7. The summed E-state index contributed by atoms with van der Waals surface area (Å²) in [5, 5.41) is 17.6. The van der Waals surface area contributed by atoms with Crippen molar-refractivity contribution in [1.29, 1.82) is 0 Å². The molecule has 2 rings (SSSR count). The molecule has 0 bridgehead atoms. The second-order valence-corrected chi connectivity index (χ2v) is 4.89. The van der Waals surface area contributed by atoms with Crippen molar-refractivity contribution in [2.75, 3.05) is 12.4 Å². The molecule has 0 aliphatic rings. The summed E-state index contributed by atoms with van der Waals surface area (Å²) in [5.74, 6) is -0.898. The molecular weight excluding hydrogens is 354 g/mol. The van der Waals surface area contributed by atoms with Crippen molar-refractivity contribution < 1.29 is 28.0 Å². The lowest BCUT2D eigenvalue weighted by Crippen LogP contribution is -2.08. The van der Waals surface area contributed by atoms with E-state index in [1.54, 1.807) is 19.3 Å². The van der Waals surface area contributed by atoms with Crippen LogP contribution < -0.4 is 14.8 Å². The molecule has 2 aromatic rings. The largest absolute Gasteiger partial charge is 0.493 e. The van der Waals surface area contributed by atoms with Crippen LogP contribution in [0.1, 0.15) is 5.56 Å². The predicted octanol–water partition coefficient (Wildman–Crippen LogP) is 2.59. The third-order valence-electron chi connectivity index (χ3n) is 3.10. The molecule has 1 aromatic heterocycles. The third-order valence-corrected chi connectivity index (χ3v) is 3.10. The summed E-state index contributed by atoms with van der Waals surface area (Å²) in [6, 6.07) is 3.50. The van der Waals surface area contributed by atoms with E-state index in [0.717, 1.165) is 24.3 Å². The van der Waals surface area contributed by atoms with Crippen LogP contribution in [0, 0.1) is 10.1 Å². The fourth-order valence-electron chi connectivity index (χ4n) is 2.02. The number of nitro benzene ring substituents is 1. The fraction of sp³-hybridized carbons (Fsp3) is 0.200. The zero-order valence-electron chi connectivity index (χ0n) is 13.7. The number of aromatic nitrogens is 2. The van der Waals surface area contributed by atoms with Crippen molar-refractivity contribution in [2.24, 2.45) is 7.05 Å². The van der Waals surface area contributed by atoms with Crippen LogP contribution in [-0.2, 0) is 11.8 Å². The van der Waals surface area contributed by atoms with Crippen molar-refractivity contribution in [2.45, 2.75) is 6.61 Å². The van der Waals surface area contributed by atoms with Gasteiger partial charge in [-0.05, 0) is 12.1 Å². The van der Waals surface area contributed by atoms with Crippen LogP contribution in [0.2, 0.25) is 0 Å². The molecule has 0 atom stereocenters. The lowest BCUT2D eigenvalue weighted by Gasteiger charge is -2.10. The number of halogens is 2. The predicted molar refractivity (Wildman–Crippen MR) is 87.2 cm³/mol. The molecule has 1 aromatic carbocycles. The van der Waals surface area contributed by atoms with Gasteiger partial charge in [0, 0.05) is 25.4 Å². The number of nitrogens with zero attached hydrogens (tertiary/aromatic N) is 3. The average Bonchev–Trinajstić information content (AvgIpc) is 2.97. The normalized spacial score (nSPS) is 11.0. The van der Waals surface area contributed by atoms with Crippen LogP contribution in [0.3, 0.4) is 0 Å². The number of rotatable bonds is 7. The van der Waals surface area contributed by atoms with E-state index in [1.807, 2.05) is 0 Å². The second kappa shape index (κ2) is 8.05. The Bertz CT molecular complexity index is 851. The lowest BCUT2D eigenvalue weighted by atomic mass is 10.1. The number of hydrogen-bond donors (Lipinski definition) is 1. The van der Waals surface area contributed by atoms with E-state index in [0.29, 0.717) is 5.82 Å². The quantitative estimate of drug-likeness (QED) is 0.457. The van der Waals surface area contributed by atoms with Gasteiger partial charge in [0.05, 0.1) is 23.7 Å². The smallest absolute Gasteiger partial charge is 0.387 e. The molecule has 0 radical (unpaired) electrons. The number of nitro groups is 1. The maximum absolute atomic E-state index is 12.4. The third kappa shape index (κ3) is 4.75. The van der Waals surface area contributed by atoms with Gasteiger partial charge in [-0.3, -0.25) is 19.6 Å². The average molecular weight is 368 g/mol. The summed E-state index contributed by atoms with van der Waals surface area (Å²) in [5.41, 5.74) is -0.548. The van der Waals surface area contributed by atoms with E-state index < -0.39 is 28.9 Å². The summed E-state index contributed by atoms with van der Waals surface area (Å²) < 4.78 is 35.4. The van der Waals surface area contributed by atoms with Crippen LogP contribution >= 0.6 is 0 Å². The number of ether oxygens (including phenoxy) is 2. The molecule has 26 heavy (non-hydrogen) atoms. The molecule has 0 saturated heterocycles. The number of carbonyl (C=O) groups excluding carboxylic acids is 1. The molecule has 0 aliphatic carbocycles. The van der Waals surface area contributed by atoms with Crippen molar-refractivity contribution in [3.63, 3.8) is 0 Å². The second-order valence-electron chi connectivity index (χ2n) is 4.89. The number of hydrogen-bond acceptors (Lipinski definition) is 6. The highest BCUT2D eigenvalue weighted by Gasteiger charge is 2.20. The number of benzene rings is 1. The molecule has 1 amide bonds. The summed E-state index contributed by atoms with van der Waals surface area (Å²) in [6.45, 7) is -3.17. The summed E-state index contributed by atoms with van der Waals surface area (Å²) in [7, 11) is 2.87. The van der Waals surface area contributed by atoms with Crippen molar-refractivity contribution >= 4 is 23.5 Å². The Labute approximate surface area is 146 Å². The minimum atomic E-state index is -3.17. The highest BCUT2D eigenvalue weighted by atomic mass is 19.3. The fourth-order valence-corrected chi connectivity index (χ4v) is 2.02. The maximum Gasteiger partial charge on any atom is 0.387 e. The van der Waals surface area contributed by atoms with Crippen molar-refractivity contribution in [3.8, 4) is 11.5 Å². The number of aryl methyl sites for hydroxylation is 1. The van der Waals surface area contributed by atoms with Crippen LogP contribution in [0.25, 0.3) is 6.08 Å². The van der Waals surface area contributed by atoms with Crippen molar-refractivity contribution in [1.82, 2.24) is 9.78 Å². The van der Waals surface area contributed by atoms with E-state index in [-0.39, 0.29) is 11.3 Å². The van der Waals surface area contributed by atoms with Gasteiger partial charge in [-0.15, -0.1) is 0 Å². The highest BCUT2D eigenvalue weighted by molar-refractivity contribution is 6.01. The van der Waals surface area contributed by atoms with Gasteiger partial charge in [-0.1, -0.05) is 0 Å². The number of carbonyl (C=O) groups is 1. The van der Waals surface area contributed by atoms with Gasteiger partial charge in [0.25, 0.3) is 5.69 Å². The SMILES string of the molecule is COc1cc(C=CC(=O)Nc2ccn(C)n2)c([N+](=O)[O-])cc1OC(F)F. The Balaban J connectivity index is 2.28. The van der Waals surface area contributed by atoms with Gasteiger partial charge in [-0.25, -0.2) is 0 Å². The molecule has 0 fully saturated rings. The maximum atomic E-state index is 12.4. The molecule has 1 N–H and O–H groups in total. The van der Waals surface area contributed by atoms with E-state index in [1.165, 1.54) is 11.8 Å². The number of alkyl halides is 2. The molecule has 1 heterocycles.